The molecule has 0 amide bonds. The number of sulfonamides is 1. The molecule has 33 heavy (non-hydrogen) atoms. The van der Waals surface area contributed by atoms with Gasteiger partial charge < -0.3 is 4.98 Å². The first-order valence-electron chi connectivity index (χ1n) is 11.1. The van der Waals surface area contributed by atoms with Crippen molar-refractivity contribution in [2.24, 2.45) is 0 Å². The normalized spacial score (nSPS) is 14.0. The summed E-state index contributed by atoms with van der Waals surface area (Å²) in [5, 5.41) is 0.681. The second-order valence-corrected chi connectivity index (χ2v) is 11.3. The Morgan fingerprint density at radius 3 is 2.42 bits per heavy atom. The molecular formula is C25H25N3O3S2. The maximum absolute atomic E-state index is 13.5. The number of aryl methyl sites for hydroxylation is 2. The maximum Gasteiger partial charge on any atom is 0.259 e. The van der Waals surface area contributed by atoms with Crippen LogP contribution in [0.4, 0.5) is 0 Å². The van der Waals surface area contributed by atoms with E-state index in [0.717, 1.165) is 36.8 Å². The summed E-state index contributed by atoms with van der Waals surface area (Å²) in [5.74, 6) is 0.374. The number of nitrogens with one attached hydrogen (secondary N) is 1. The van der Waals surface area contributed by atoms with Gasteiger partial charge in [-0.3, -0.25) is 4.79 Å². The quantitative estimate of drug-likeness (QED) is 0.428. The van der Waals surface area contributed by atoms with Gasteiger partial charge in [-0.25, -0.2) is 13.4 Å². The Balaban J connectivity index is 1.50. The molecule has 6 nitrogen and oxygen atoms in total. The summed E-state index contributed by atoms with van der Waals surface area (Å²) in [5.41, 5.74) is 2.00. The zero-order chi connectivity index (χ0) is 22.8. The molecule has 1 aliphatic carbocycles. The molecule has 0 saturated heterocycles. The van der Waals surface area contributed by atoms with Crippen LogP contribution < -0.4 is 5.56 Å². The van der Waals surface area contributed by atoms with Crippen molar-refractivity contribution in [3.8, 4) is 0 Å². The largest absolute Gasteiger partial charge is 0.309 e. The van der Waals surface area contributed by atoms with E-state index in [-0.39, 0.29) is 23.5 Å². The van der Waals surface area contributed by atoms with Gasteiger partial charge in [-0.05, 0) is 55.4 Å². The highest BCUT2D eigenvalue weighted by atomic mass is 32.2. The van der Waals surface area contributed by atoms with E-state index >= 15 is 0 Å². The summed E-state index contributed by atoms with van der Waals surface area (Å²) in [6.45, 7) is 0.293. The monoisotopic (exact) mass is 479 g/mol. The molecule has 2 heterocycles. The molecule has 170 valence electrons. The molecule has 8 heteroatoms. The molecule has 1 N–H and O–H groups in total. The summed E-state index contributed by atoms with van der Waals surface area (Å²) in [7, 11) is -3.76. The van der Waals surface area contributed by atoms with Crippen LogP contribution in [-0.2, 0) is 35.8 Å². The summed E-state index contributed by atoms with van der Waals surface area (Å²) in [4.78, 5) is 22.7. The molecule has 2 aromatic carbocycles. The standard InChI is InChI=1S/C25H25N3O3S2/c29-24-23-20-13-7-8-14-21(20)32-25(23)27-22(26-24)17-28(16-15-18-9-3-1-4-10-18)33(30,31)19-11-5-2-6-12-19/h1-6,9-12H,7-8,13-17H2,(H,26,27,29). The number of aromatic nitrogens is 2. The van der Waals surface area contributed by atoms with Crippen molar-refractivity contribution in [3.05, 3.63) is 92.8 Å². The summed E-state index contributed by atoms with van der Waals surface area (Å²) in [6.07, 6.45) is 4.67. The highest BCUT2D eigenvalue weighted by Crippen LogP contribution is 2.33. The Labute approximate surface area is 197 Å². The minimum atomic E-state index is -3.76. The van der Waals surface area contributed by atoms with Crippen molar-refractivity contribution in [2.75, 3.05) is 6.54 Å². The fraction of sp³-hybridized carbons (Fsp3) is 0.280. The number of nitrogens with zero attached hydrogens (tertiary/aromatic N) is 2. The summed E-state index contributed by atoms with van der Waals surface area (Å²) < 4.78 is 28.4. The number of hydrogen-bond donors (Lipinski definition) is 1. The maximum atomic E-state index is 13.5. The summed E-state index contributed by atoms with van der Waals surface area (Å²) in [6, 6.07) is 18.2. The van der Waals surface area contributed by atoms with Gasteiger partial charge in [-0.1, -0.05) is 48.5 Å². The van der Waals surface area contributed by atoms with Crippen LogP contribution in [-0.4, -0.2) is 29.2 Å². The van der Waals surface area contributed by atoms with E-state index in [1.54, 1.807) is 41.7 Å². The first kappa shape index (κ1) is 22.0. The lowest BCUT2D eigenvalue weighted by atomic mass is 9.97. The molecule has 1 aliphatic rings. The molecule has 2 aromatic heterocycles. The van der Waals surface area contributed by atoms with Crippen molar-refractivity contribution >= 4 is 31.6 Å². The lowest BCUT2D eigenvalue weighted by Crippen LogP contribution is -2.34. The molecular weight excluding hydrogens is 454 g/mol. The molecule has 0 unspecified atom stereocenters. The molecule has 0 bridgehead atoms. The zero-order valence-corrected chi connectivity index (χ0v) is 19.8. The van der Waals surface area contributed by atoms with Gasteiger partial charge in [0, 0.05) is 11.4 Å². The highest BCUT2D eigenvalue weighted by molar-refractivity contribution is 7.89. The van der Waals surface area contributed by atoms with Gasteiger partial charge in [0.2, 0.25) is 10.0 Å². The van der Waals surface area contributed by atoms with Crippen molar-refractivity contribution in [3.63, 3.8) is 0 Å². The van der Waals surface area contributed by atoms with Crippen LogP contribution in [0.15, 0.2) is 70.4 Å². The number of aromatic amines is 1. The molecule has 0 fully saturated rings. The molecule has 0 saturated carbocycles. The van der Waals surface area contributed by atoms with Crippen LogP contribution >= 0.6 is 11.3 Å². The first-order chi connectivity index (χ1) is 16.0. The van der Waals surface area contributed by atoms with E-state index < -0.39 is 10.0 Å². The van der Waals surface area contributed by atoms with Gasteiger partial charge in [0.05, 0.1) is 16.8 Å². The third kappa shape index (κ3) is 4.51. The Kier molecular flexibility index (Phi) is 6.14. The number of benzene rings is 2. The highest BCUT2D eigenvalue weighted by Gasteiger charge is 2.26. The Morgan fingerprint density at radius 2 is 1.67 bits per heavy atom. The second kappa shape index (κ2) is 9.21. The van der Waals surface area contributed by atoms with Crippen LogP contribution in [0.5, 0.6) is 0 Å². The number of thiophene rings is 1. The summed E-state index contributed by atoms with van der Waals surface area (Å²) >= 11 is 1.57. The van der Waals surface area contributed by atoms with E-state index in [1.807, 2.05) is 30.3 Å². The van der Waals surface area contributed by atoms with E-state index in [4.69, 9.17) is 4.98 Å². The zero-order valence-electron chi connectivity index (χ0n) is 18.2. The van der Waals surface area contributed by atoms with Gasteiger partial charge in [0.15, 0.2) is 0 Å². The molecule has 0 radical (unpaired) electrons. The third-order valence-electron chi connectivity index (χ3n) is 6.07. The van der Waals surface area contributed by atoms with E-state index in [0.29, 0.717) is 22.5 Å². The lowest BCUT2D eigenvalue weighted by molar-refractivity contribution is 0.400. The molecule has 5 rings (SSSR count). The predicted octanol–water partition coefficient (Wildman–Crippen LogP) is 4.30. The van der Waals surface area contributed by atoms with Crippen LogP contribution in [0, 0.1) is 0 Å². The number of rotatable bonds is 7. The van der Waals surface area contributed by atoms with Crippen LogP contribution in [0.25, 0.3) is 10.2 Å². The van der Waals surface area contributed by atoms with Crippen LogP contribution in [0.2, 0.25) is 0 Å². The van der Waals surface area contributed by atoms with Crippen molar-refractivity contribution in [1.29, 1.82) is 0 Å². The molecule has 4 aromatic rings. The van der Waals surface area contributed by atoms with Gasteiger partial charge in [0.25, 0.3) is 5.56 Å². The third-order valence-corrected chi connectivity index (χ3v) is 9.12. The Morgan fingerprint density at radius 1 is 0.970 bits per heavy atom. The van der Waals surface area contributed by atoms with Crippen molar-refractivity contribution in [1.82, 2.24) is 14.3 Å². The minimum absolute atomic E-state index is 0.0117. The lowest BCUT2D eigenvalue weighted by Gasteiger charge is -2.22. The SMILES string of the molecule is O=c1[nH]c(CN(CCc2ccccc2)S(=O)(=O)c2ccccc2)nc2sc3c(c12)CCCC3. The average molecular weight is 480 g/mol. The number of H-pyrrole nitrogens is 1. The minimum Gasteiger partial charge on any atom is -0.309 e. The van der Waals surface area contributed by atoms with E-state index in [2.05, 4.69) is 4.98 Å². The van der Waals surface area contributed by atoms with Crippen LogP contribution in [0.3, 0.4) is 0 Å². The first-order valence-corrected chi connectivity index (χ1v) is 13.4. The van der Waals surface area contributed by atoms with Gasteiger partial charge >= 0.3 is 0 Å². The Bertz CT molecular complexity index is 1430. The van der Waals surface area contributed by atoms with Gasteiger partial charge in [0.1, 0.15) is 10.7 Å². The fourth-order valence-electron chi connectivity index (χ4n) is 4.37. The van der Waals surface area contributed by atoms with E-state index in [9.17, 15) is 13.2 Å². The molecule has 0 aliphatic heterocycles. The number of hydrogen-bond acceptors (Lipinski definition) is 5. The molecule has 0 atom stereocenters. The predicted molar refractivity (Wildman–Crippen MR) is 131 cm³/mol. The Hall–Kier alpha value is -2.81. The average Bonchev–Trinajstić information content (AvgIpc) is 3.22. The number of fused-ring (bicyclic) bond motifs is 3. The van der Waals surface area contributed by atoms with Crippen molar-refractivity contribution in [2.45, 2.75) is 43.5 Å². The van der Waals surface area contributed by atoms with Crippen molar-refractivity contribution < 1.29 is 8.42 Å². The second-order valence-electron chi connectivity index (χ2n) is 8.29. The van der Waals surface area contributed by atoms with Gasteiger partial charge in [-0.15, -0.1) is 11.3 Å². The smallest absolute Gasteiger partial charge is 0.259 e. The van der Waals surface area contributed by atoms with E-state index in [1.165, 1.54) is 9.18 Å². The van der Waals surface area contributed by atoms with Gasteiger partial charge in [-0.2, -0.15) is 4.31 Å². The molecule has 0 spiro atoms. The van der Waals surface area contributed by atoms with Crippen LogP contribution in [0.1, 0.15) is 34.7 Å². The topological polar surface area (TPSA) is 83.1 Å². The fourth-order valence-corrected chi connectivity index (χ4v) is 7.08.